The summed E-state index contributed by atoms with van der Waals surface area (Å²) < 4.78 is 12.8. The lowest BCUT2D eigenvalue weighted by atomic mass is 10.2. The zero-order valence-electron chi connectivity index (χ0n) is 19.2. The number of unbranched alkanes of at least 4 members (excludes halogenated alkanes) is 1. The zero-order chi connectivity index (χ0) is 23.9. The third-order valence-corrected chi connectivity index (χ3v) is 5.55. The number of fused-ring (bicyclic) bond motifs is 3. The first-order valence-electron chi connectivity index (χ1n) is 11.1. The summed E-state index contributed by atoms with van der Waals surface area (Å²) in [6.07, 6.45) is 1.67. The summed E-state index contributed by atoms with van der Waals surface area (Å²) in [4.78, 5) is 17.0. The Kier molecular flexibility index (Phi) is 7.76. The van der Waals surface area contributed by atoms with Gasteiger partial charge in [-0.15, -0.1) is 10.2 Å². The van der Waals surface area contributed by atoms with E-state index in [0.29, 0.717) is 48.4 Å². The highest BCUT2D eigenvalue weighted by molar-refractivity contribution is 6.30. The van der Waals surface area contributed by atoms with Crippen molar-refractivity contribution < 1.29 is 14.3 Å². The average Bonchev–Trinajstić information content (AvgIpc) is 3.23. The molecule has 0 bridgehead atoms. The summed E-state index contributed by atoms with van der Waals surface area (Å²) in [5.41, 5.74) is 2.96. The molecule has 0 spiro atoms. The van der Waals surface area contributed by atoms with Gasteiger partial charge in [0.05, 0.1) is 17.6 Å². The predicted molar refractivity (Wildman–Crippen MR) is 132 cm³/mol. The van der Waals surface area contributed by atoms with Crippen LogP contribution < -0.4 is 15.4 Å². The topological polar surface area (TPSA) is 103 Å². The molecule has 2 aromatic carbocycles. The van der Waals surface area contributed by atoms with Crippen LogP contribution in [0, 0.1) is 6.92 Å². The maximum absolute atomic E-state index is 12.2. The van der Waals surface area contributed by atoms with Gasteiger partial charge >= 0.3 is 0 Å². The van der Waals surface area contributed by atoms with E-state index in [1.807, 2.05) is 29.5 Å². The second kappa shape index (κ2) is 11.1. The first-order valence-corrected chi connectivity index (χ1v) is 11.5. The van der Waals surface area contributed by atoms with Gasteiger partial charge in [0, 0.05) is 36.9 Å². The van der Waals surface area contributed by atoms with Gasteiger partial charge in [-0.1, -0.05) is 11.6 Å². The van der Waals surface area contributed by atoms with E-state index in [4.69, 9.17) is 26.1 Å². The van der Waals surface area contributed by atoms with Crippen molar-refractivity contribution in [2.24, 2.45) is 0 Å². The van der Waals surface area contributed by atoms with Gasteiger partial charge in [-0.05, 0) is 56.2 Å². The molecule has 0 unspecified atom stereocenters. The predicted octanol–water partition coefficient (Wildman–Crippen LogP) is 3.89. The van der Waals surface area contributed by atoms with E-state index in [-0.39, 0.29) is 5.91 Å². The number of methoxy groups -OCH3 is 1. The Hall–Kier alpha value is -3.43. The summed E-state index contributed by atoms with van der Waals surface area (Å²) in [5, 5.41) is 15.4. The Morgan fingerprint density at radius 1 is 1.06 bits per heavy atom. The van der Waals surface area contributed by atoms with E-state index < -0.39 is 0 Å². The maximum Gasteiger partial charge on any atom is 0.251 e. The number of hydrogen-bond acceptors (Lipinski definition) is 7. The summed E-state index contributed by atoms with van der Waals surface area (Å²) in [7, 11) is 1.64. The lowest BCUT2D eigenvalue weighted by Crippen LogP contribution is -2.24. The van der Waals surface area contributed by atoms with Gasteiger partial charge < -0.3 is 20.1 Å². The van der Waals surface area contributed by atoms with E-state index in [1.165, 1.54) is 0 Å². The smallest absolute Gasteiger partial charge is 0.251 e. The molecule has 1 amide bonds. The third kappa shape index (κ3) is 5.55. The van der Waals surface area contributed by atoms with E-state index in [9.17, 15) is 4.79 Å². The number of anilines is 1. The highest BCUT2D eigenvalue weighted by Crippen LogP contribution is 2.25. The standard InChI is InChI=1S/C24H27ClN6O3/c1-16-29-30-23-22(26-11-3-4-12-27-24(32)17-5-7-18(25)8-6-17)28-20-15-19(34-14-13-33-2)9-10-21(20)31(16)23/h5-10,15H,3-4,11-14H2,1-2H3,(H,26,28)(H,27,32). The molecule has 2 heterocycles. The molecule has 9 nitrogen and oxygen atoms in total. The normalized spacial score (nSPS) is 11.1. The Labute approximate surface area is 202 Å². The highest BCUT2D eigenvalue weighted by Gasteiger charge is 2.13. The number of aryl methyl sites for hydroxylation is 1. The van der Waals surface area contributed by atoms with E-state index >= 15 is 0 Å². The molecule has 0 fully saturated rings. The van der Waals surface area contributed by atoms with Gasteiger partial charge in [-0.25, -0.2) is 4.98 Å². The van der Waals surface area contributed by atoms with Crippen LogP contribution >= 0.6 is 11.6 Å². The fourth-order valence-electron chi connectivity index (χ4n) is 3.57. The van der Waals surface area contributed by atoms with Crippen LogP contribution in [0.3, 0.4) is 0 Å². The quantitative estimate of drug-likeness (QED) is 0.313. The average molecular weight is 483 g/mol. The molecule has 0 saturated carbocycles. The zero-order valence-corrected chi connectivity index (χ0v) is 19.9. The fraction of sp³-hybridized carbons (Fsp3) is 0.333. The number of aromatic nitrogens is 4. The summed E-state index contributed by atoms with van der Waals surface area (Å²) >= 11 is 5.87. The number of carbonyl (C=O) groups excluding carboxylic acids is 1. The van der Waals surface area contributed by atoms with Crippen molar-refractivity contribution in [1.82, 2.24) is 24.9 Å². The van der Waals surface area contributed by atoms with Crippen LogP contribution in [0.15, 0.2) is 42.5 Å². The summed E-state index contributed by atoms with van der Waals surface area (Å²) in [6.45, 7) is 4.16. The number of ether oxygens (including phenoxy) is 2. The van der Waals surface area contributed by atoms with Crippen LogP contribution in [-0.4, -0.2) is 58.9 Å². The second-order valence-corrected chi connectivity index (χ2v) is 8.19. The van der Waals surface area contributed by atoms with Crippen molar-refractivity contribution in [2.45, 2.75) is 19.8 Å². The third-order valence-electron chi connectivity index (χ3n) is 5.30. The largest absolute Gasteiger partial charge is 0.491 e. The highest BCUT2D eigenvalue weighted by atomic mass is 35.5. The minimum absolute atomic E-state index is 0.106. The van der Waals surface area contributed by atoms with Crippen molar-refractivity contribution in [1.29, 1.82) is 0 Å². The molecule has 4 rings (SSSR count). The van der Waals surface area contributed by atoms with Gasteiger partial charge in [-0.3, -0.25) is 9.20 Å². The number of rotatable bonds is 11. The molecule has 0 atom stereocenters. The van der Waals surface area contributed by atoms with Crippen LogP contribution in [0.1, 0.15) is 29.0 Å². The van der Waals surface area contributed by atoms with E-state index in [1.54, 1.807) is 31.4 Å². The molecule has 0 aliphatic rings. The Morgan fingerprint density at radius 3 is 2.65 bits per heavy atom. The molecular weight excluding hydrogens is 456 g/mol. The lowest BCUT2D eigenvalue weighted by Gasteiger charge is -2.11. The minimum Gasteiger partial charge on any atom is -0.491 e. The molecule has 0 radical (unpaired) electrons. The number of nitrogens with one attached hydrogen (secondary N) is 2. The molecule has 4 aromatic rings. The van der Waals surface area contributed by atoms with Gasteiger partial charge in [0.2, 0.25) is 5.65 Å². The molecule has 0 aliphatic carbocycles. The minimum atomic E-state index is -0.106. The monoisotopic (exact) mass is 482 g/mol. The number of amides is 1. The van der Waals surface area contributed by atoms with Gasteiger partial charge in [0.25, 0.3) is 5.91 Å². The molecule has 0 aliphatic heterocycles. The van der Waals surface area contributed by atoms with Crippen molar-refractivity contribution >= 4 is 40.0 Å². The molecule has 10 heteroatoms. The van der Waals surface area contributed by atoms with Crippen molar-refractivity contribution in [3.8, 4) is 5.75 Å². The molecule has 2 aromatic heterocycles. The Morgan fingerprint density at radius 2 is 1.85 bits per heavy atom. The van der Waals surface area contributed by atoms with E-state index in [0.717, 1.165) is 35.4 Å². The lowest BCUT2D eigenvalue weighted by molar-refractivity contribution is 0.0953. The van der Waals surface area contributed by atoms with Crippen LogP contribution in [0.4, 0.5) is 5.82 Å². The van der Waals surface area contributed by atoms with Crippen LogP contribution in [0.25, 0.3) is 16.7 Å². The van der Waals surface area contributed by atoms with Crippen LogP contribution in [0.5, 0.6) is 5.75 Å². The Bertz CT molecular complexity index is 1280. The number of benzene rings is 2. The number of hydrogen-bond donors (Lipinski definition) is 2. The maximum atomic E-state index is 12.2. The van der Waals surface area contributed by atoms with Crippen molar-refractivity contribution in [2.75, 3.05) is 38.7 Å². The fourth-order valence-corrected chi connectivity index (χ4v) is 3.70. The van der Waals surface area contributed by atoms with Gasteiger partial charge in [-0.2, -0.15) is 0 Å². The van der Waals surface area contributed by atoms with Crippen LogP contribution in [-0.2, 0) is 4.74 Å². The molecular formula is C24H27ClN6O3. The van der Waals surface area contributed by atoms with Crippen LogP contribution in [0.2, 0.25) is 5.02 Å². The Balaban J connectivity index is 1.36. The molecule has 178 valence electrons. The number of carbonyl (C=O) groups is 1. The first kappa shape index (κ1) is 23.7. The number of halogens is 1. The SMILES string of the molecule is COCCOc1ccc2c(c1)nc(NCCCCNC(=O)c1ccc(Cl)cc1)c1nnc(C)n12. The second-order valence-electron chi connectivity index (χ2n) is 7.76. The number of nitrogens with zero attached hydrogens (tertiary/aromatic N) is 4. The molecule has 34 heavy (non-hydrogen) atoms. The van der Waals surface area contributed by atoms with Gasteiger partial charge in [0.1, 0.15) is 18.2 Å². The van der Waals surface area contributed by atoms with Gasteiger partial charge in [0.15, 0.2) is 5.82 Å². The summed E-state index contributed by atoms with van der Waals surface area (Å²) in [6, 6.07) is 12.6. The van der Waals surface area contributed by atoms with Crippen molar-refractivity contribution in [3.63, 3.8) is 0 Å². The first-order chi connectivity index (χ1) is 16.6. The van der Waals surface area contributed by atoms with E-state index in [2.05, 4.69) is 20.8 Å². The summed E-state index contributed by atoms with van der Waals surface area (Å²) in [5.74, 6) is 2.06. The molecule has 0 saturated heterocycles. The molecule has 2 N–H and O–H groups in total. The van der Waals surface area contributed by atoms with Crippen molar-refractivity contribution in [3.05, 3.63) is 58.9 Å².